The largest absolute Gasteiger partial charge is 0.295 e. The maximum absolute atomic E-state index is 13.4. The molecule has 0 saturated heterocycles. The molecule has 1 aliphatic rings. The molecule has 2 heterocycles. The zero-order valence-electron chi connectivity index (χ0n) is 13.6. The van der Waals surface area contributed by atoms with Crippen LogP contribution in [0.25, 0.3) is 5.69 Å². The third kappa shape index (κ3) is 2.90. The molecule has 1 aliphatic heterocycles. The van der Waals surface area contributed by atoms with Crippen molar-refractivity contribution in [3.05, 3.63) is 77.9 Å². The van der Waals surface area contributed by atoms with Crippen LogP contribution in [0.2, 0.25) is 0 Å². The van der Waals surface area contributed by atoms with E-state index in [1.165, 1.54) is 28.8 Å². The quantitative estimate of drug-likeness (QED) is 0.512. The molecule has 1 aromatic heterocycles. The van der Waals surface area contributed by atoms with E-state index in [0.717, 1.165) is 0 Å². The van der Waals surface area contributed by atoms with Crippen molar-refractivity contribution in [3.63, 3.8) is 0 Å². The Kier molecular flexibility index (Phi) is 4.30. The number of amides is 2. The van der Waals surface area contributed by atoms with Gasteiger partial charge in [-0.2, -0.15) is 0 Å². The number of carbonyl (C=O) groups excluding carboxylic acids is 2. The third-order valence-electron chi connectivity index (χ3n) is 4.12. The van der Waals surface area contributed by atoms with Crippen molar-refractivity contribution in [2.75, 3.05) is 12.3 Å². The van der Waals surface area contributed by atoms with Gasteiger partial charge in [-0.1, -0.05) is 30.0 Å². The van der Waals surface area contributed by atoms with Gasteiger partial charge in [0.05, 0.1) is 16.8 Å². The van der Waals surface area contributed by atoms with Gasteiger partial charge < -0.3 is 0 Å². The monoisotopic (exact) mass is 367 g/mol. The van der Waals surface area contributed by atoms with Crippen LogP contribution in [-0.2, 0) is 0 Å². The van der Waals surface area contributed by atoms with Crippen LogP contribution in [0, 0.1) is 5.82 Å². The third-order valence-corrected chi connectivity index (χ3v) is 5.06. The van der Waals surface area contributed by atoms with Crippen LogP contribution in [0.3, 0.4) is 0 Å². The lowest BCUT2D eigenvalue weighted by molar-refractivity contribution is 0.0664. The second-order valence-electron chi connectivity index (χ2n) is 5.72. The Bertz CT molecular complexity index is 967. The molecule has 130 valence electrons. The highest BCUT2D eigenvalue weighted by Gasteiger charge is 2.34. The molecule has 4 rings (SSSR count). The minimum atomic E-state index is -0.321. The Balaban J connectivity index is 1.45. The predicted molar refractivity (Wildman–Crippen MR) is 96.1 cm³/mol. The van der Waals surface area contributed by atoms with Crippen molar-refractivity contribution < 1.29 is 14.0 Å². The minimum absolute atomic E-state index is 0.264. The summed E-state index contributed by atoms with van der Waals surface area (Å²) in [6.07, 6.45) is 3.38. The van der Waals surface area contributed by atoms with E-state index in [0.29, 0.717) is 27.7 Å². The number of hydrogen-bond donors (Lipinski definition) is 0. The lowest BCUT2D eigenvalue weighted by atomic mass is 10.1. The first-order chi connectivity index (χ1) is 12.6. The van der Waals surface area contributed by atoms with Gasteiger partial charge in [0.1, 0.15) is 5.82 Å². The fourth-order valence-corrected chi connectivity index (χ4v) is 3.79. The summed E-state index contributed by atoms with van der Waals surface area (Å²) in [5, 5.41) is 0.673. The number of hydrogen-bond acceptors (Lipinski definition) is 4. The number of imidazole rings is 1. The highest BCUT2D eigenvalue weighted by atomic mass is 32.2. The molecule has 0 unspecified atom stereocenters. The van der Waals surface area contributed by atoms with Gasteiger partial charge in [-0.05, 0) is 30.3 Å². The average molecular weight is 367 g/mol. The molecule has 0 radical (unpaired) electrons. The van der Waals surface area contributed by atoms with Gasteiger partial charge >= 0.3 is 0 Å². The zero-order chi connectivity index (χ0) is 18.1. The number of imide groups is 1. The Morgan fingerprint density at radius 3 is 2.42 bits per heavy atom. The maximum atomic E-state index is 13.4. The summed E-state index contributed by atoms with van der Waals surface area (Å²) in [4.78, 5) is 30.3. The van der Waals surface area contributed by atoms with E-state index in [1.54, 1.807) is 53.4 Å². The number of halogens is 1. The topological polar surface area (TPSA) is 55.2 Å². The van der Waals surface area contributed by atoms with Crippen LogP contribution in [0.15, 0.2) is 66.1 Å². The highest BCUT2D eigenvalue weighted by molar-refractivity contribution is 7.99. The summed E-state index contributed by atoms with van der Waals surface area (Å²) in [6.45, 7) is 0.285. The average Bonchev–Trinajstić information content (AvgIpc) is 3.21. The fourth-order valence-electron chi connectivity index (χ4n) is 2.89. The van der Waals surface area contributed by atoms with Gasteiger partial charge in [0, 0.05) is 24.7 Å². The standard InChI is InChI=1S/C19H14FN3O2S/c20-13-4-3-5-14(12-13)22-9-8-21-19(22)26-11-10-23-17(24)15-6-1-2-7-16(15)18(23)25/h1-9,12H,10-11H2. The zero-order valence-corrected chi connectivity index (χ0v) is 14.4. The van der Waals surface area contributed by atoms with Crippen LogP contribution in [0.4, 0.5) is 4.39 Å². The van der Waals surface area contributed by atoms with Crippen molar-refractivity contribution in [1.82, 2.24) is 14.5 Å². The van der Waals surface area contributed by atoms with Crippen molar-refractivity contribution in [3.8, 4) is 5.69 Å². The molecule has 5 nitrogen and oxygen atoms in total. The molecule has 2 aromatic carbocycles. The number of carbonyl (C=O) groups is 2. The number of nitrogens with zero attached hydrogens (tertiary/aromatic N) is 3. The van der Waals surface area contributed by atoms with Gasteiger partial charge in [-0.25, -0.2) is 9.37 Å². The molecule has 2 amide bonds. The van der Waals surface area contributed by atoms with E-state index >= 15 is 0 Å². The van der Waals surface area contributed by atoms with Crippen molar-refractivity contribution in [2.24, 2.45) is 0 Å². The van der Waals surface area contributed by atoms with E-state index in [-0.39, 0.29) is 24.2 Å². The Labute approximate surface area is 153 Å². The molecular formula is C19H14FN3O2S. The summed E-state index contributed by atoms with van der Waals surface area (Å²) < 4.78 is 15.2. The molecule has 0 N–H and O–H groups in total. The fraction of sp³-hybridized carbons (Fsp3) is 0.105. The number of benzene rings is 2. The Morgan fingerprint density at radius 2 is 1.73 bits per heavy atom. The normalized spacial score (nSPS) is 13.3. The van der Waals surface area contributed by atoms with Crippen LogP contribution in [0.1, 0.15) is 20.7 Å². The second-order valence-corrected chi connectivity index (χ2v) is 6.78. The van der Waals surface area contributed by atoms with E-state index < -0.39 is 0 Å². The number of aromatic nitrogens is 2. The Hall–Kier alpha value is -2.93. The molecule has 0 spiro atoms. The number of fused-ring (bicyclic) bond motifs is 1. The van der Waals surface area contributed by atoms with E-state index in [4.69, 9.17) is 0 Å². The lowest BCUT2D eigenvalue weighted by Crippen LogP contribution is -2.31. The maximum Gasteiger partial charge on any atom is 0.261 e. The van der Waals surface area contributed by atoms with E-state index in [1.807, 2.05) is 0 Å². The van der Waals surface area contributed by atoms with Crippen molar-refractivity contribution in [2.45, 2.75) is 5.16 Å². The molecule has 0 aliphatic carbocycles. The molecule has 7 heteroatoms. The minimum Gasteiger partial charge on any atom is -0.295 e. The first-order valence-corrected chi connectivity index (χ1v) is 9.01. The highest BCUT2D eigenvalue weighted by Crippen LogP contribution is 2.25. The molecule has 0 saturated carbocycles. The summed E-state index contributed by atoms with van der Waals surface area (Å²) in [5.74, 6) is -0.352. The summed E-state index contributed by atoms with van der Waals surface area (Å²) in [7, 11) is 0. The van der Waals surface area contributed by atoms with Crippen molar-refractivity contribution >= 4 is 23.6 Å². The molecule has 0 fully saturated rings. The predicted octanol–water partition coefficient (Wildman–Crippen LogP) is 3.40. The lowest BCUT2D eigenvalue weighted by Gasteiger charge is -2.13. The SMILES string of the molecule is O=C1c2ccccc2C(=O)N1CCSc1nccn1-c1cccc(F)c1. The second kappa shape index (κ2) is 6.76. The Morgan fingerprint density at radius 1 is 1.00 bits per heavy atom. The first kappa shape index (κ1) is 16.5. The number of thioether (sulfide) groups is 1. The van der Waals surface area contributed by atoms with Gasteiger partial charge in [0.15, 0.2) is 5.16 Å². The van der Waals surface area contributed by atoms with Gasteiger partial charge in [0.25, 0.3) is 11.8 Å². The van der Waals surface area contributed by atoms with E-state index in [9.17, 15) is 14.0 Å². The van der Waals surface area contributed by atoms with Gasteiger partial charge in [0.2, 0.25) is 0 Å². The summed E-state index contributed by atoms with van der Waals surface area (Å²) >= 11 is 1.41. The number of rotatable bonds is 5. The van der Waals surface area contributed by atoms with Gasteiger partial charge in [-0.3, -0.25) is 19.1 Å². The van der Waals surface area contributed by atoms with Gasteiger partial charge in [-0.15, -0.1) is 0 Å². The van der Waals surface area contributed by atoms with Crippen LogP contribution < -0.4 is 0 Å². The van der Waals surface area contributed by atoms with Crippen molar-refractivity contribution in [1.29, 1.82) is 0 Å². The molecule has 26 heavy (non-hydrogen) atoms. The van der Waals surface area contributed by atoms with Crippen LogP contribution in [-0.4, -0.2) is 38.6 Å². The first-order valence-electron chi connectivity index (χ1n) is 8.02. The van der Waals surface area contributed by atoms with E-state index in [2.05, 4.69) is 4.98 Å². The molecule has 0 atom stereocenters. The summed E-state index contributed by atoms with van der Waals surface area (Å²) in [5.41, 5.74) is 1.57. The summed E-state index contributed by atoms with van der Waals surface area (Å²) in [6, 6.07) is 13.1. The van der Waals surface area contributed by atoms with Crippen LogP contribution in [0.5, 0.6) is 0 Å². The molecule has 3 aromatic rings. The smallest absolute Gasteiger partial charge is 0.261 e. The van der Waals surface area contributed by atoms with Crippen LogP contribution >= 0.6 is 11.8 Å². The molecular weight excluding hydrogens is 353 g/mol. The molecule has 0 bridgehead atoms.